The minimum atomic E-state index is -1.80. The molecule has 2 atom stereocenters. The number of rotatable bonds is 7. The molecule has 0 aliphatic carbocycles. The van der Waals surface area contributed by atoms with Crippen LogP contribution >= 0.6 is 0 Å². The predicted octanol–water partition coefficient (Wildman–Crippen LogP) is 5.68. The molecule has 0 aromatic heterocycles. The molecule has 0 fully saturated rings. The van der Waals surface area contributed by atoms with E-state index in [0.717, 1.165) is 12.2 Å². The third-order valence-electron chi connectivity index (χ3n) is 5.08. The van der Waals surface area contributed by atoms with Gasteiger partial charge in [0.15, 0.2) is 0 Å². The zero-order valence-electron chi connectivity index (χ0n) is 15.6. The van der Waals surface area contributed by atoms with Crippen molar-refractivity contribution in [2.45, 2.75) is 71.5 Å². The lowest BCUT2D eigenvalue weighted by molar-refractivity contribution is -0.141. The van der Waals surface area contributed by atoms with Crippen LogP contribution in [-0.4, -0.2) is 19.4 Å². The molecular formula is C19H32O3Si. The first-order valence-electron chi connectivity index (χ1n) is 8.46. The summed E-state index contributed by atoms with van der Waals surface area (Å²) in [6.45, 7) is 15.1. The van der Waals surface area contributed by atoms with E-state index in [9.17, 15) is 4.79 Å². The van der Waals surface area contributed by atoms with Crippen LogP contribution < -0.4 is 4.43 Å². The first kappa shape index (κ1) is 19.8. The summed E-state index contributed by atoms with van der Waals surface area (Å²) in [6.07, 6.45) is 1.59. The second-order valence-electron chi connectivity index (χ2n) is 8.15. The first-order valence-corrected chi connectivity index (χ1v) is 11.4. The van der Waals surface area contributed by atoms with Crippen molar-refractivity contribution < 1.29 is 14.3 Å². The highest BCUT2D eigenvalue weighted by molar-refractivity contribution is 6.74. The van der Waals surface area contributed by atoms with Crippen LogP contribution in [0.15, 0.2) is 24.3 Å². The second kappa shape index (κ2) is 7.52. The number of carbonyl (C=O) groups is 1. The average molecular weight is 337 g/mol. The lowest BCUT2D eigenvalue weighted by Gasteiger charge is -2.36. The van der Waals surface area contributed by atoms with Gasteiger partial charge in [0.2, 0.25) is 8.32 Å². The average Bonchev–Trinajstić information content (AvgIpc) is 2.43. The van der Waals surface area contributed by atoms with Crippen LogP contribution in [0.5, 0.6) is 5.75 Å². The van der Waals surface area contributed by atoms with E-state index in [1.807, 2.05) is 12.1 Å². The highest BCUT2D eigenvalue weighted by Crippen LogP contribution is 2.37. The van der Waals surface area contributed by atoms with E-state index in [2.05, 4.69) is 52.9 Å². The summed E-state index contributed by atoms with van der Waals surface area (Å²) in [5.74, 6) is 0.305. The third-order valence-corrected chi connectivity index (χ3v) is 9.44. The smallest absolute Gasteiger partial charge is 0.306 e. The summed E-state index contributed by atoms with van der Waals surface area (Å²) in [7, 11) is -1.80. The molecule has 0 spiro atoms. The van der Waals surface area contributed by atoms with Crippen molar-refractivity contribution >= 4 is 14.3 Å². The van der Waals surface area contributed by atoms with Crippen LogP contribution in [0.25, 0.3) is 0 Å². The van der Waals surface area contributed by atoms with E-state index < -0.39 is 14.3 Å². The second-order valence-corrected chi connectivity index (χ2v) is 12.9. The van der Waals surface area contributed by atoms with Gasteiger partial charge in [-0.15, -0.1) is 0 Å². The van der Waals surface area contributed by atoms with Gasteiger partial charge in [-0.2, -0.15) is 0 Å². The molecule has 1 rings (SSSR count). The van der Waals surface area contributed by atoms with Crippen LogP contribution in [0.4, 0.5) is 0 Å². The van der Waals surface area contributed by atoms with Gasteiger partial charge in [0, 0.05) is 0 Å². The summed E-state index contributed by atoms with van der Waals surface area (Å²) in [5.41, 5.74) is 1.24. The van der Waals surface area contributed by atoms with E-state index in [1.54, 1.807) is 6.92 Å². The lowest BCUT2D eigenvalue weighted by atomic mass is 9.92. The van der Waals surface area contributed by atoms with E-state index in [0.29, 0.717) is 12.3 Å². The minimum Gasteiger partial charge on any atom is -0.544 e. The molecule has 0 unspecified atom stereocenters. The van der Waals surface area contributed by atoms with Crippen molar-refractivity contribution in [1.82, 2.24) is 0 Å². The Bertz CT molecular complexity index is 514. The van der Waals surface area contributed by atoms with Gasteiger partial charge in [0.25, 0.3) is 0 Å². The lowest BCUT2D eigenvalue weighted by Crippen LogP contribution is -2.43. The largest absolute Gasteiger partial charge is 0.544 e. The van der Waals surface area contributed by atoms with Gasteiger partial charge in [-0.05, 0) is 54.6 Å². The van der Waals surface area contributed by atoms with Crippen molar-refractivity contribution in [1.29, 1.82) is 0 Å². The number of aliphatic carboxylic acids is 1. The fraction of sp³-hybridized carbons (Fsp3) is 0.632. The zero-order valence-corrected chi connectivity index (χ0v) is 16.6. The molecule has 1 aromatic carbocycles. The Labute approximate surface area is 142 Å². The molecule has 0 bridgehead atoms. The molecule has 3 nitrogen and oxygen atoms in total. The van der Waals surface area contributed by atoms with Gasteiger partial charge < -0.3 is 9.53 Å². The van der Waals surface area contributed by atoms with E-state index >= 15 is 0 Å². The Balaban J connectivity index is 2.68. The molecule has 0 saturated carbocycles. The molecule has 1 N–H and O–H groups in total. The molecular weight excluding hydrogens is 304 g/mol. The summed E-state index contributed by atoms with van der Waals surface area (Å²) in [5, 5.41) is 9.15. The maximum Gasteiger partial charge on any atom is 0.306 e. The number of carboxylic acid groups (broad SMARTS) is 1. The van der Waals surface area contributed by atoms with E-state index in [4.69, 9.17) is 9.53 Å². The summed E-state index contributed by atoms with van der Waals surface area (Å²) in [4.78, 5) is 10.9. The van der Waals surface area contributed by atoms with Gasteiger partial charge in [-0.25, -0.2) is 0 Å². The number of hydrogen-bond donors (Lipinski definition) is 1. The van der Waals surface area contributed by atoms with Gasteiger partial charge in [-0.3, -0.25) is 4.79 Å². The van der Waals surface area contributed by atoms with Crippen LogP contribution in [0, 0.1) is 5.92 Å². The maximum atomic E-state index is 10.9. The molecule has 23 heavy (non-hydrogen) atoms. The number of benzene rings is 1. The quantitative estimate of drug-likeness (QED) is 0.652. The molecule has 0 aliphatic rings. The Morgan fingerprint density at radius 1 is 1.13 bits per heavy atom. The van der Waals surface area contributed by atoms with Crippen molar-refractivity contribution in [3.63, 3.8) is 0 Å². The highest BCUT2D eigenvalue weighted by atomic mass is 28.4. The predicted molar refractivity (Wildman–Crippen MR) is 98.7 cm³/mol. The Hall–Kier alpha value is -1.29. The van der Waals surface area contributed by atoms with Gasteiger partial charge in [0.05, 0.1) is 5.92 Å². The summed E-state index contributed by atoms with van der Waals surface area (Å²) >= 11 is 0. The van der Waals surface area contributed by atoms with Crippen LogP contribution in [-0.2, 0) is 4.79 Å². The van der Waals surface area contributed by atoms with Gasteiger partial charge in [0.1, 0.15) is 5.75 Å². The fourth-order valence-electron chi connectivity index (χ4n) is 2.10. The van der Waals surface area contributed by atoms with Crippen molar-refractivity contribution in [2.75, 3.05) is 0 Å². The SMILES string of the molecule is C[C@H](CC[C@H](C)c1ccc(O[Si](C)(C)C(C)(C)C)cc1)C(=O)O. The molecule has 4 heteroatoms. The standard InChI is InChI=1S/C19H32O3Si/c1-14(8-9-15(2)18(20)21)16-10-12-17(13-11-16)22-23(6,7)19(3,4)5/h10-15H,8-9H2,1-7H3,(H,20,21)/t14-,15+/m0/s1. The Kier molecular flexibility index (Phi) is 6.46. The Morgan fingerprint density at radius 3 is 2.09 bits per heavy atom. The third kappa shape index (κ3) is 5.68. The van der Waals surface area contributed by atoms with Crippen LogP contribution in [0.3, 0.4) is 0 Å². The first-order chi connectivity index (χ1) is 10.4. The molecule has 0 saturated heterocycles. The molecule has 0 radical (unpaired) electrons. The van der Waals surface area contributed by atoms with Crippen molar-refractivity contribution in [3.8, 4) is 5.75 Å². The van der Waals surface area contributed by atoms with Crippen LogP contribution in [0.2, 0.25) is 18.1 Å². The summed E-state index contributed by atoms with van der Waals surface area (Å²) < 4.78 is 6.29. The zero-order chi connectivity index (χ0) is 17.8. The topological polar surface area (TPSA) is 46.5 Å². The minimum absolute atomic E-state index is 0.186. The van der Waals surface area contributed by atoms with Gasteiger partial charge >= 0.3 is 5.97 Å². The number of hydrogen-bond acceptors (Lipinski definition) is 2. The van der Waals surface area contributed by atoms with E-state index in [1.165, 1.54) is 5.56 Å². The maximum absolute atomic E-state index is 10.9. The molecule has 1 aromatic rings. The molecule has 130 valence electrons. The highest BCUT2D eigenvalue weighted by Gasteiger charge is 2.38. The normalized spacial score (nSPS) is 15.1. The molecule has 0 amide bonds. The molecule has 0 aliphatic heterocycles. The fourth-order valence-corrected chi connectivity index (χ4v) is 3.13. The van der Waals surface area contributed by atoms with E-state index in [-0.39, 0.29) is 11.0 Å². The van der Waals surface area contributed by atoms with Crippen LogP contribution in [0.1, 0.15) is 58.9 Å². The summed E-state index contributed by atoms with van der Waals surface area (Å²) in [6, 6.07) is 8.32. The molecule has 0 heterocycles. The Morgan fingerprint density at radius 2 is 1.65 bits per heavy atom. The van der Waals surface area contributed by atoms with Gasteiger partial charge in [-0.1, -0.05) is 46.8 Å². The van der Waals surface area contributed by atoms with Crippen molar-refractivity contribution in [3.05, 3.63) is 29.8 Å². The number of carboxylic acids is 1. The monoisotopic (exact) mass is 336 g/mol. The van der Waals surface area contributed by atoms with Crippen molar-refractivity contribution in [2.24, 2.45) is 5.92 Å².